The summed E-state index contributed by atoms with van der Waals surface area (Å²) >= 11 is 3.33. The average molecular weight is 307 g/mol. The summed E-state index contributed by atoms with van der Waals surface area (Å²) in [6.45, 7) is 1.23. The number of rotatable bonds is 6. The molecule has 0 fully saturated rings. The Kier molecular flexibility index (Phi) is 5.09. The molecule has 0 N–H and O–H groups in total. The van der Waals surface area contributed by atoms with E-state index in [0.717, 1.165) is 22.4 Å². The van der Waals surface area contributed by atoms with Crippen molar-refractivity contribution < 1.29 is 9.47 Å². The molecule has 0 aromatic heterocycles. The van der Waals surface area contributed by atoms with E-state index in [4.69, 9.17) is 9.47 Å². The fourth-order valence-corrected chi connectivity index (χ4v) is 1.71. The number of benzene rings is 2. The largest absolute Gasteiger partial charge is 0.493 e. The van der Waals surface area contributed by atoms with Gasteiger partial charge in [0.25, 0.3) is 0 Å². The minimum Gasteiger partial charge on any atom is -0.493 e. The SMILES string of the molecule is BrCCOc1cccc(OCc2ccccc2)c1. The van der Waals surface area contributed by atoms with Gasteiger partial charge in [-0.05, 0) is 17.7 Å². The van der Waals surface area contributed by atoms with Crippen molar-refractivity contribution in [1.82, 2.24) is 0 Å². The molecular weight excluding hydrogens is 292 g/mol. The van der Waals surface area contributed by atoms with Crippen LogP contribution in [0.3, 0.4) is 0 Å². The maximum absolute atomic E-state index is 5.72. The maximum atomic E-state index is 5.72. The first-order valence-electron chi connectivity index (χ1n) is 5.84. The molecule has 2 nitrogen and oxygen atoms in total. The summed E-state index contributed by atoms with van der Waals surface area (Å²) in [5, 5.41) is 0.822. The fourth-order valence-electron chi connectivity index (χ4n) is 1.55. The van der Waals surface area contributed by atoms with Gasteiger partial charge in [-0.2, -0.15) is 0 Å². The van der Waals surface area contributed by atoms with Gasteiger partial charge in [-0.25, -0.2) is 0 Å². The van der Waals surface area contributed by atoms with Crippen LogP contribution in [0.25, 0.3) is 0 Å². The molecule has 0 atom stereocenters. The Bertz CT molecular complexity index is 471. The lowest BCUT2D eigenvalue weighted by molar-refractivity contribution is 0.300. The molecule has 0 bridgehead atoms. The third-order valence-corrected chi connectivity index (χ3v) is 2.72. The van der Waals surface area contributed by atoms with Gasteiger partial charge in [-0.1, -0.05) is 52.3 Å². The van der Waals surface area contributed by atoms with Gasteiger partial charge in [0.15, 0.2) is 0 Å². The molecule has 0 aliphatic carbocycles. The lowest BCUT2D eigenvalue weighted by Crippen LogP contribution is -1.99. The van der Waals surface area contributed by atoms with Crippen molar-refractivity contribution in [3.05, 3.63) is 60.2 Å². The number of hydrogen-bond donors (Lipinski definition) is 0. The normalized spacial score (nSPS) is 10.1. The van der Waals surface area contributed by atoms with E-state index in [1.807, 2.05) is 54.6 Å². The number of hydrogen-bond acceptors (Lipinski definition) is 2. The van der Waals surface area contributed by atoms with Gasteiger partial charge in [-0.15, -0.1) is 0 Å². The molecule has 2 aromatic rings. The van der Waals surface area contributed by atoms with Gasteiger partial charge in [0.2, 0.25) is 0 Å². The lowest BCUT2D eigenvalue weighted by atomic mass is 10.2. The molecule has 0 saturated heterocycles. The van der Waals surface area contributed by atoms with Gasteiger partial charge < -0.3 is 9.47 Å². The van der Waals surface area contributed by atoms with Gasteiger partial charge in [0, 0.05) is 11.4 Å². The summed E-state index contributed by atoms with van der Waals surface area (Å²) in [6, 6.07) is 17.8. The number of ether oxygens (including phenoxy) is 2. The molecule has 2 rings (SSSR count). The zero-order chi connectivity index (χ0) is 12.6. The van der Waals surface area contributed by atoms with Gasteiger partial charge in [0.1, 0.15) is 18.1 Å². The van der Waals surface area contributed by atoms with E-state index in [1.54, 1.807) is 0 Å². The van der Waals surface area contributed by atoms with Crippen LogP contribution >= 0.6 is 15.9 Å². The highest BCUT2D eigenvalue weighted by molar-refractivity contribution is 9.09. The third kappa shape index (κ3) is 4.08. The molecule has 2 aromatic carbocycles. The second kappa shape index (κ2) is 7.07. The van der Waals surface area contributed by atoms with Crippen LogP contribution in [0.5, 0.6) is 11.5 Å². The minimum absolute atomic E-state index is 0.572. The first-order chi connectivity index (χ1) is 8.88. The summed E-state index contributed by atoms with van der Waals surface area (Å²) < 4.78 is 11.2. The predicted octanol–water partition coefficient (Wildman–Crippen LogP) is 4.04. The Labute approximate surface area is 116 Å². The smallest absolute Gasteiger partial charge is 0.123 e. The first-order valence-corrected chi connectivity index (χ1v) is 6.96. The molecule has 0 heterocycles. The molecule has 0 aliphatic rings. The van der Waals surface area contributed by atoms with E-state index in [2.05, 4.69) is 15.9 Å². The molecule has 0 spiro atoms. The van der Waals surface area contributed by atoms with Crippen LogP contribution in [0.2, 0.25) is 0 Å². The third-order valence-electron chi connectivity index (χ3n) is 2.40. The van der Waals surface area contributed by atoms with Crippen molar-refractivity contribution >= 4 is 15.9 Å². The zero-order valence-electron chi connectivity index (χ0n) is 10.0. The molecule has 3 heteroatoms. The van der Waals surface area contributed by atoms with E-state index >= 15 is 0 Å². The summed E-state index contributed by atoms with van der Waals surface area (Å²) in [7, 11) is 0. The predicted molar refractivity (Wildman–Crippen MR) is 76.5 cm³/mol. The lowest BCUT2D eigenvalue weighted by Gasteiger charge is -2.08. The van der Waals surface area contributed by atoms with E-state index in [9.17, 15) is 0 Å². The second-order valence-corrected chi connectivity index (χ2v) is 4.58. The monoisotopic (exact) mass is 306 g/mol. The average Bonchev–Trinajstić information content (AvgIpc) is 2.44. The van der Waals surface area contributed by atoms with Crippen LogP contribution in [-0.4, -0.2) is 11.9 Å². The van der Waals surface area contributed by atoms with Crippen molar-refractivity contribution in [1.29, 1.82) is 0 Å². The Morgan fingerprint density at radius 3 is 2.28 bits per heavy atom. The van der Waals surface area contributed by atoms with E-state index in [0.29, 0.717) is 13.2 Å². The topological polar surface area (TPSA) is 18.5 Å². The second-order valence-electron chi connectivity index (χ2n) is 3.79. The summed E-state index contributed by atoms with van der Waals surface area (Å²) in [6.07, 6.45) is 0. The molecule has 0 saturated carbocycles. The standard InChI is InChI=1S/C15H15BrO2/c16-9-10-17-14-7-4-8-15(11-14)18-12-13-5-2-1-3-6-13/h1-8,11H,9-10,12H2. The van der Waals surface area contributed by atoms with E-state index in [-0.39, 0.29) is 0 Å². The molecule has 0 unspecified atom stereocenters. The zero-order valence-corrected chi connectivity index (χ0v) is 11.6. The summed E-state index contributed by atoms with van der Waals surface area (Å²) in [5.41, 5.74) is 1.16. The Balaban J connectivity index is 1.93. The van der Waals surface area contributed by atoms with Gasteiger partial charge in [0.05, 0.1) is 6.61 Å². The van der Waals surface area contributed by atoms with Crippen molar-refractivity contribution in [2.45, 2.75) is 6.61 Å². The van der Waals surface area contributed by atoms with Crippen LogP contribution < -0.4 is 9.47 Å². The Hall–Kier alpha value is -1.48. The molecule has 18 heavy (non-hydrogen) atoms. The van der Waals surface area contributed by atoms with Crippen LogP contribution in [0.15, 0.2) is 54.6 Å². The van der Waals surface area contributed by atoms with Crippen molar-refractivity contribution in [3.8, 4) is 11.5 Å². The quantitative estimate of drug-likeness (QED) is 0.750. The van der Waals surface area contributed by atoms with Gasteiger partial charge in [-0.3, -0.25) is 0 Å². The van der Waals surface area contributed by atoms with Crippen molar-refractivity contribution in [2.75, 3.05) is 11.9 Å². The summed E-state index contributed by atoms with van der Waals surface area (Å²) in [4.78, 5) is 0. The number of alkyl halides is 1. The maximum Gasteiger partial charge on any atom is 0.123 e. The first kappa shape index (κ1) is 13.0. The van der Waals surface area contributed by atoms with Gasteiger partial charge >= 0.3 is 0 Å². The Morgan fingerprint density at radius 2 is 1.56 bits per heavy atom. The Morgan fingerprint density at radius 1 is 0.833 bits per heavy atom. The van der Waals surface area contributed by atoms with E-state index < -0.39 is 0 Å². The highest BCUT2D eigenvalue weighted by atomic mass is 79.9. The highest BCUT2D eigenvalue weighted by Gasteiger charge is 1.98. The fraction of sp³-hybridized carbons (Fsp3) is 0.200. The van der Waals surface area contributed by atoms with Crippen LogP contribution in [0, 0.1) is 0 Å². The van der Waals surface area contributed by atoms with E-state index in [1.165, 1.54) is 0 Å². The molecular formula is C15H15BrO2. The number of halogens is 1. The van der Waals surface area contributed by atoms with Crippen LogP contribution in [0.4, 0.5) is 0 Å². The van der Waals surface area contributed by atoms with Crippen molar-refractivity contribution in [3.63, 3.8) is 0 Å². The highest BCUT2D eigenvalue weighted by Crippen LogP contribution is 2.20. The molecule has 94 valence electrons. The summed E-state index contributed by atoms with van der Waals surface area (Å²) in [5.74, 6) is 1.66. The molecule has 0 aliphatic heterocycles. The minimum atomic E-state index is 0.572. The van der Waals surface area contributed by atoms with Crippen LogP contribution in [-0.2, 0) is 6.61 Å². The van der Waals surface area contributed by atoms with Crippen LogP contribution in [0.1, 0.15) is 5.56 Å². The van der Waals surface area contributed by atoms with Crippen molar-refractivity contribution in [2.24, 2.45) is 0 Å². The molecule has 0 amide bonds. The molecule has 0 radical (unpaired) electrons.